The predicted molar refractivity (Wildman–Crippen MR) is 165 cm³/mol. The molecule has 0 spiro atoms. The van der Waals surface area contributed by atoms with Gasteiger partial charge in [0.2, 0.25) is 11.8 Å². The number of benzene rings is 2. The molecule has 2 aromatic carbocycles. The third kappa shape index (κ3) is 8.54. The van der Waals surface area contributed by atoms with Crippen molar-refractivity contribution in [2.75, 3.05) is 42.9 Å². The van der Waals surface area contributed by atoms with Gasteiger partial charge in [-0.3, -0.25) is 19.4 Å². The third-order valence-electron chi connectivity index (χ3n) is 7.44. The van der Waals surface area contributed by atoms with E-state index in [2.05, 4.69) is 20.9 Å². The molecule has 4 rings (SSSR count). The summed E-state index contributed by atoms with van der Waals surface area (Å²) in [6, 6.07) is 14.6. The number of carboxylic acid groups (broad SMARTS) is 1. The third-order valence-corrected chi connectivity index (χ3v) is 7.44. The molecule has 232 valence electrons. The molecule has 1 aromatic heterocycles. The van der Waals surface area contributed by atoms with Crippen LogP contribution in [0.2, 0.25) is 0 Å². The Labute approximate surface area is 255 Å². The van der Waals surface area contributed by atoms with Crippen LogP contribution in [0.4, 0.5) is 21.9 Å². The number of carbonyl (C=O) groups is 4. The van der Waals surface area contributed by atoms with E-state index < -0.39 is 18.0 Å². The Morgan fingerprint density at radius 2 is 1.77 bits per heavy atom. The highest BCUT2D eigenvalue weighted by atomic mass is 16.5. The molecular weight excluding hydrogens is 566 g/mol. The highest BCUT2D eigenvalue weighted by Crippen LogP contribution is 2.27. The fraction of sp³-hybridized carbons (Fsp3) is 0.344. The van der Waals surface area contributed by atoms with E-state index in [1.807, 2.05) is 25.1 Å². The molecule has 1 atom stereocenters. The van der Waals surface area contributed by atoms with E-state index in [1.165, 1.54) is 18.2 Å². The zero-order chi connectivity index (χ0) is 31.6. The van der Waals surface area contributed by atoms with Crippen LogP contribution in [0.25, 0.3) is 0 Å². The van der Waals surface area contributed by atoms with Gasteiger partial charge in [0.05, 0.1) is 49.3 Å². The van der Waals surface area contributed by atoms with Crippen molar-refractivity contribution in [3.63, 3.8) is 0 Å². The number of nitrogens with zero attached hydrogens (tertiary/aromatic N) is 2. The van der Waals surface area contributed by atoms with Crippen molar-refractivity contribution in [2.24, 2.45) is 5.92 Å². The number of carbonyl (C=O) groups excluding carboxylic acids is 3. The molecule has 0 aliphatic carbocycles. The minimum atomic E-state index is -1.07. The number of hydrogen-bond acceptors (Lipinski definition) is 7. The highest BCUT2D eigenvalue weighted by molar-refractivity contribution is 6.01. The van der Waals surface area contributed by atoms with Gasteiger partial charge in [-0.25, -0.2) is 4.79 Å². The quantitative estimate of drug-likeness (QED) is 0.252. The molecule has 44 heavy (non-hydrogen) atoms. The van der Waals surface area contributed by atoms with Crippen LogP contribution < -0.4 is 25.6 Å². The highest BCUT2D eigenvalue weighted by Gasteiger charge is 2.26. The average Bonchev–Trinajstić information content (AvgIpc) is 3.02. The van der Waals surface area contributed by atoms with Gasteiger partial charge in [-0.15, -0.1) is 0 Å². The molecule has 12 nitrogen and oxygen atoms in total. The van der Waals surface area contributed by atoms with E-state index >= 15 is 0 Å². The van der Waals surface area contributed by atoms with Gasteiger partial charge < -0.3 is 35.4 Å². The van der Waals surface area contributed by atoms with Crippen molar-refractivity contribution in [1.82, 2.24) is 10.3 Å². The monoisotopic (exact) mass is 603 g/mol. The molecule has 1 fully saturated rings. The number of urea groups is 1. The van der Waals surface area contributed by atoms with E-state index in [0.29, 0.717) is 60.1 Å². The van der Waals surface area contributed by atoms with Gasteiger partial charge in [0.25, 0.3) is 0 Å². The first-order valence-electron chi connectivity index (χ1n) is 14.3. The van der Waals surface area contributed by atoms with Gasteiger partial charge in [-0.05, 0) is 61.2 Å². The number of methoxy groups -OCH3 is 1. The topological polar surface area (TPSA) is 159 Å². The number of aromatic nitrogens is 1. The second kappa shape index (κ2) is 15.0. The molecule has 1 aliphatic rings. The number of aliphatic carboxylic acids is 1. The lowest BCUT2D eigenvalue weighted by molar-refractivity contribution is -0.138. The Bertz CT molecular complexity index is 1490. The van der Waals surface area contributed by atoms with E-state index in [1.54, 1.807) is 43.4 Å². The van der Waals surface area contributed by atoms with Gasteiger partial charge in [0.15, 0.2) is 0 Å². The van der Waals surface area contributed by atoms with Gasteiger partial charge in [-0.1, -0.05) is 24.3 Å². The first kappa shape index (κ1) is 32.0. The first-order chi connectivity index (χ1) is 21.1. The Balaban J connectivity index is 1.38. The zero-order valence-electron chi connectivity index (χ0n) is 25.0. The van der Waals surface area contributed by atoms with Gasteiger partial charge in [0.1, 0.15) is 5.75 Å². The van der Waals surface area contributed by atoms with Crippen molar-refractivity contribution < 1.29 is 33.8 Å². The van der Waals surface area contributed by atoms with Crippen LogP contribution in [0.1, 0.15) is 42.1 Å². The summed E-state index contributed by atoms with van der Waals surface area (Å²) in [6.07, 6.45) is 2.37. The van der Waals surface area contributed by atoms with Crippen LogP contribution >= 0.6 is 0 Å². The van der Waals surface area contributed by atoms with Crippen molar-refractivity contribution in [3.8, 4) is 5.75 Å². The van der Waals surface area contributed by atoms with Crippen LogP contribution in [-0.2, 0) is 25.5 Å². The maximum Gasteiger partial charge on any atom is 0.323 e. The standard InChI is InChI=1S/C32H37N5O7/c1-20-6-4-5-7-24(20)35-32(42)36-26-10-8-21(16-28(26)43-3)17-29(38)37(2)23-9-11-25(33-19-23)27(18-30(39)40)34-31(41)22-12-14-44-15-13-22/h4-11,16,19,22,27H,12-15,17-18H2,1-3H3,(H,34,41)(H,39,40)(H2,35,36,42). The second-order valence-electron chi connectivity index (χ2n) is 10.5. The van der Waals surface area contributed by atoms with E-state index in [4.69, 9.17) is 9.47 Å². The van der Waals surface area contributed by atoms with E-state index in [9.17, 15) is 24.3 Å². The number of aryl methyl sites for hydroxylation is 1. The Morgan fingerprint density at radius 1 is 1.05 bits per heavy atom. The summed E-state index contributed by atoms with van der Waals surface area (Å²) in [7, 11) is 3.10. The fourth-order valence-electron chi connectivity index (χ4n) is 4.83. The molecule has 4 N–H and O–H groups in total. The van der Waals surface area contributed by atoms with Crippen LogP contribution in [-0.4, -0.2) is 61.3 Å². The molecule has 1 unspecified atom stereocenters. The molecule has 4 amide bonds. The summed E-state index contributed by atoms with van der Waals surface area (Å²) in [5.74, 6) is -1.35. The SMILES string of the molecule is COc1cc(CC(=O)N(C)c2ccc(C(CC(=O)O)NC(=O)C3CCOCC3)nc2)ccc1NC(=O)Nc1ccccc1C. The van der Waals surface area contributed by atoms with Crippen molar-refractivity contribution >= 4 is 40.9 Å². The first-order valence-corrected chi connectivity index (χ1v) is 14.3. The van der Waals surface area contributed by atoms with Crippen molar-refractivity contribution in [2.45, 2.75) is 38.6 Å². The number of amides is 4. The predicted octanol–water partition coefficient (Wildman–Crippen LogP) is 4.31. The number of anilines is 3. The van der Waals surface area contributed by atoms with Crippen LogP contribution in [0, 0.1) is 12.8 Å². The van der Waals surface area contributed by atoms with Crippen LogP contribution in [0.15, 0.2) is 60.8 Å². The van der Waals surface area contributed by atoms with Crippen molar-refractivity contribution in [1.29, 1.82) is 0 Å². The normalized spacial score (nSPS) is 13.8. The molecule has 0 bridgehead atoms. The molecular formula is C32H37N5O7. The fourth-order valence-corrected chi connectivity index (χ4v) is 4.83. The summed E-state index contributed by atoms with van der Waals surface area (Å²) < 4.78 is 10.8. The number of likely N-dealkylation sites (N-methyl/N-ethyl adjacent to an activating group) is 1. The lowest BCUT2D eigenvalue weighted by Crippen LogP contribution is -2.37. The van der Waals surface area contributed by atoms with Crippen LogP contribution in [0.5, 0.6) is 5.75 Å². The number of hydrogen-bond donors (Lipinski definition) is 4. The summed E-state index contributed by atoms with van der Waals surface area (Å²) in [4.78, 5) is 55.7. The molecule has 1 aliphatic heterocycles. The number of ether oxygens (including phenoxy) is 2. The van der Waals surface area contributed by atoms with E-state index in [-0.39, 0.29) is 30.6 Å². The number of carboxylic acids is 1. The summed E-state index contributed by atoms with van der Waals surface area (Å²) in [5.41, 5.74) is 3.62. The number of rotatable bonds is 11. The molecule has 3 aromatic rings. The second-order valence-corrected chi connectivity index (χ2v) is 10.5. The van der Waals surface area contributed by atoms with Crippen molar-refractivity contribution in [3.05, 3.63) is 77.6 Å². The minimum Gasteiger partial charge on any atom is -0.495 e. The molecule has 0 radical (unpaired) electrons. The number of para-hydroxylation sites is 1. The smallest absolute Gasteiger partial charge is 0.323 e. The zero-order valence-corrected chi connectivity index (χ0v) is 25.0. The Hall–Kier alpha value is -4.97. The van der Waals surface area contributed by atoms with Gasteiger partial charge in [-0.2, -0.15) is 0 Å². The lowest BCUT2D eigenvalue weighted by Gasteiger charge is -2.24. The summed E-state index contributed by atoms with van der Waals surface area (Å²) in [6.45, 7) is 2.89. The summed E-state index contributed by atoms with van der Waals surface area (Å²) >= 11 is 0. The van der Waals surface area contributed by atoms with Gasteiger partial charge in [0, 0.05) is 31.9 Å². The maximum atomic E-state index is 13.1. The maximum absolute atomic E-state index is 13.1. The van der Waals surface area contributed by atoms with Crippen LogP contribution in [0.3, 0.4) is 0 Å². The number of nitrogens with one attached hydrogen (secondary N) is 3. The molecule has 1 saturated heterocycles. The minimum absolute atomic E-state index is 0.0487. The molecule has 12 heteroatoms. The molecule has 0 saturated carbocycles. The lowest BCUT2D eigenvalue weighted by atomic mass is 9.98. The Morgan fingerprint density at radius 3 is 2.43 bits per heavy atom. The van der Waals surface area contributed by atoms with E-state index in [0.717, 1.165) is 5.56 Å². The Kier molecular flexibility index (Phi) is 10.9. The van der Waals surface area contributed by atoms with Gasteiger partial charge >= 0.3 is 12.0 Å². The molecule has 2 heterocycles. The largest absolute Gasteiger partial charge is 0.495 e. The number of pyridine rings is 1. The average molecular weight is 604 g/mol. The summed E-state index contributed by atoms with van der Waals surface area (Å²) in [5, 5.41) is 17.8.